The molecule has 1 aliphatic rings. The number of benzene rings is 1. The molecule has 3 atom stereocenters. The average molecular weight is 378 g/mol. The Kier molecular flexibility index (Phi) is 7.40. The number of aliphatic hydroxyl groups is 2. The molecule has 1 fully saturated rings. The van der Waals surface area contributed by atoms with Crippen molar-refractivity contribution in [2.75, 3.05) is 26.5 Å². The highest BCUT2D eigenvalue weighted by Gasteiger charge is 2.34. The van der Waals surface area contributed by atoms with E-state index in [0.29, 0.717) is 13.0 Å². The lowest BCUT2D eigenvalue weighted by Gasteiger charge is -2.23. The number of nitrogens with zero attached hydrogens (tertiary/aromatic N) is 2. The molecule has 1 aromatic rings. The van der Waals surface area contributed by atoms with E-state index in [4.69, 9.17) is 0 Å². The maximum absolute atomic E-state index is 12.5. The lowest BCUT2D eigenvalue weighted by atomic mass is 10.0. The number of amides is 1. The van der Waals surface area contributed by atoms with Crippen LogP contribution in [0, 0.1) is 0 Å². The van der Waals surface area contributed by atoms with Gasteiger partial charge in [-0.05, 0) is 44.5 Å². The molecule has 6 nitrogen and oxygen atoms in total. The second-order valence-electron chi connectivity index (χ2n) is 6.49. The van der Waals surface area contributed by atoms with E-state index in [0.717, 1.165) is 21.7 Å². The second-order valence-corrected chi connectivity index (χ2v) is 7.30. The molecule has 1 amide bonds. The Morgan fingerprint density at radius 2 is 2.12 bits per heavy atom. The Morgan fingerprint density at radius 1 is 1.46 bits per heavy atom. The van der Waals surface area contributed by atoms with Crippen LogP contribution in [0.4, 0.5) is 0 Å². The standard InChI is InChI=1S/C19H27N3O3S/c1-12(20-2)18(26-4)14-7-5-13(6-8-14)16(11-23)21-19(25)17-9-15(24)10-22(17)3/h5-8,15-17,23-24H,2,9-11H2,1,3-4H3,(H,21,25)/b18-12-/t15-,16+,17+/m1/s1. The fourth-order valence-electron chi connectivity index (χ4n) is 3.19. The van der Waals surface area contributed by atoms with Gasteiger partial charge < -0.3 is 15.5 Å². The van der Waals surface area contributed by atoms with Crippen LogP contribution in [0.15, 0.2) is 35.0 Å². The fourth-order valence-corrected chi connectivity index (χ4v) is 3.93. The quantitative estimate of drug-likeness (QED) is 0.629. The highest BCUT2D eigenvalue weighted by Crippen LogP contribution is 2.30. The number of hydrogen-bond acceptors (Lipinski definition) is 6. The van der Waals surface area contributed by atoms with Crippen LogP contribution in [0.2, 0.25) is 0 Å². The minimum atomic E-state index is -0.485. The smallest absolute Gasteiger partial charge is 0.238 e. The Hall–Kier alpha value is -1.67. The molecule has 1 heterocycles. The molecule has 1 aromatic carbocycles. The molecule has 1 saturated heterocycles. The summed E-state index contributed by atoms with van der Waals surface area (Å²) in [7, 11) is 1.81. The molecule has 0 aromatic heterocycles. The van der Waals surface area contributed by atoms with E-state index in [1.807, 2.05) is 49.4 Å². The zero-order chi connectivity index (χ0) is 19.3. The maximum atomic E-state index is 12.5. The molecule has 0 saturated carbocycles. The first-order chi connectivity index (χ1) is 12.4. The van der Waals surface area contributed by atoms with E-state index in [1.54, 1.807) is 11.8 Å². The number of carbonyl (C=O) groups is 1. The number of rotatable bonds is 7. The Balaban J connectivity index is 2.13. The van der Waals surface area contributed by atoms with Gasteiger partial charge in [-0.15, -0.1) is 11.8 Å². The number of thioether (sulfide) groups is 1. The number of likely N-dealkylation sites (tertiary alicyclic amines) is 1. The van der Waals surface area contributed by atoms with Crippen molar-refractivity contribution in [3.8, 4) is 0 Å². The number of carbonyl (C=O) groups excluding carboxylic acids is 1. The molecule has 0 unspecified atom stereocenters. The fraction of sp³-hybridized carbons (Fsp3) is 0.474. The molecule has 0 aliphatic carbocycles. The van der Waals surface area contributed by atoms with Gasteiger partial charge in [0, 0.05) is 11.4 Å². The van der Waals surface area contributed by atoms with Crippen molar-refractivity contribution in [3.05, 3.63) is 41.1 Å². The summed E-state index contributed by atoms with van der Waals surface area (Å²) in [6.45, 7) is 5.78. The number of allylic oxidation sites excluding steroid dienone is 1. The van der Waals surface area contributed by atoms with Crippen molar-refractivity contribution in [2.24, 2.45) is 4.99 Å². The summed E-state index contributed by atoms with van der Waals surface area (Å²) in [4.78, 5) is 19.4. The molecule has 7 heteroatoms. The van der Waals surface area contributed by atoms with Crippen LogP contribution in [-0.4, -0.2) is 66.3 Å². The molecular weight excluding hydrogens is 350 g/mol. The minimum Gasteiger partial charge on any atom is -0.394 e. The van der Waals surface area contributed by atoms with Gasteiger partial charge in [0.25, 0.3) is 0 Å². The molecular formula is C19H27N3O3S. The van der Waals surface area contributed by atoms with E-state index in [-0.39, 0.29) is 18.6 Å². The van der Waals surface area contributed by atoms with Crippen molar-refractivity contribution in [1.82, 2.24) is 10.2 Å². The summed E-state index contributed by atoms with van der Waals surface area (Å²) < 4.78 is 0. The van der Waals surface area contributed by atoms with Gasteiger partial charge in [0.05, 0.1) is 30.5 Å². The topological polar surface area (TPSA) is 85.2 Å². The molecule has 142 valence electrons. The highest BCUT2D eigenvalue weighted by molar-refractivity contribution is 8.07. The molecule has 0 spiro atoms. The summed E-state index contributed by atoms with van der Waals surface area (Å²) in [6.07, 6.45) is 1.91. The zero-order valence-electron chi connectivity index (χ0n) is 15.5. The van der Waals surface area contributed by atoms with E-state index in [2.05, 4.69) is 17.0 Å². The van der Waals surface area contributed by atoms with Crippen LogP contribution in [0.3, 0.4) is 0 Å². The van der Waals surface area contributed by atoms with Gasteiger partial charge in [0.1, 0.15) is 0 Å². The monoisotopic (exact) mass is 377 g/mol. The first kappa shape index (κ1) is 20.6. The van der Waals surface area contributed by atoms with Crippen molar-refractivity contribution in [1.29, 1.82) is 0 Å². The minimum absolute atomic E-state index is 0.177. The number of likely N-dealkylation sites (N-methyl/N-ethyl adjacent to an activating group) is 1. The maximum Gasteiger partial charge on any atom is 0.238 e. The largest absolute Gasteiger partial charge is 0.394 e. The van der Waals surface area contributed by atoms with Gasteiger partial charge in [-0.1, -0.05) is 24.3 Å². The summed E-state index contributed by atoms with van der Waals surface area (Å²) in [5, 5.41) is 22.3. The first-order valence-electron chi connectivity index (χ1n) is 8.52. The van der Waals surface area contributed by atoms with Crippen LogP contribution in [0.1, 0.15) is 30.5 Å². The third kappa shape index (κ3) is 4.73. The first-order valence-corrected chi connectivity index (χ1v) is 9.75. The molecule has 26 heavy (non-hydrogen) atoms. The van der Waals surface area contributed by atoms with Gasteiger partial charge in [0.15, 0.2) is 0 Å². The van der Waals surface area contributed by atoms with Gasteiger partial charge >= 0.3 is 0 Å². The Labute approximate surface area is 159 Å². The Morgan fingerprint density at radius 3 is 2.58 bits per heavy atom. The van der Waals surface area contributed by atoms with Crippen molar-refractivity contribution in [3.63, 3.8) is 0 Å². The number of β-amino-alcohol motifs (C(OH)–C–C–N with tert-alkyl or cyclic N) is 1. The summed E-state index contributed by atoms with van der Waals surface area (Å²) in [5.74, 6) is -0.177. The highest BCUT2D eigenvalue weighted by atomic mass is 32.2. The predicted molar refractivity (Wildman–Crippen MR) is 107 cm³/mol. The van der Waals surface area contributed by atoms with Crippen molar-refractivity contribution < 1.29 is 15.0 Å². The van der Waals surface area contributed by atoms with Crippen LogP contribution in [0.5, 0.6) is 0 Å². The van der Waals surface area contributed by atoms with E-state index >= 15 is 0 Å². The third-order valence-corrected chi connectivity index (χ3v) is 5.61. The molecule has 2 rings (SSSR count). The van der Waals surface area contributed by atoms with Crippen molar-refractivity contribution >= 4 is 29.3 Å². The molecule has 0 bridgehead atoms. The third-order valence-electron chi connectivity index (χ3n) is 4.67. The van der Waals surface area contributed by atoms with Crippen molar-refractivity contribution in [2.45, 2.75) is 31.5 Å². The van der Waals surface area contributed by atoms with Gasteiger partial charge in [-0.2, -0.15) is 0 Å². The summed E-state index contributed by atoms with van der Waals surface area (Å²) >= 11 is 1.60. The van der Waals surface area contributed by atoms with E-state index < -0.39 is 12.1 Å². The van der Waals surface area contributed by atoms with Crippen LogP contribution in [-0.2, 0) is 4.79 Å². The summed E-state index contributed by atoms with van der Waals surface area (Å²) in [6, 6.07) is 6.85. The van der Waals surface area contributed by atoms with Gasteiger partial charge in [-0.25, -0.2) is 0 Å². The van der Waals surface area contributed by atoms with Crippen LogP contribution < -0.4 is 5.32 Å². The second kappa shape index (κ2) is 9.32. The number of hydrogen-bond donors (Lipinski definition) is 3. The SMILES string of the molecule is C=N/C(C)=C(\SC)c1ccc([C@H](CO)NC(=O)[C@@H]2C[C@@H](O)CN2C)cc1. The number of aliphatic hydroxyl groups excluding tert-OH is 2. The van der Waals surface area contributed by atoms with E-state index in [1.165, 1.54) is 0 Å². The lowest BCUT2D eigenvalue weighted by Crippen LogP contribution is -2.43. The number of aliphatic imine (C=N–C) groups is 1. The van der Waals surface area contributed by atoms with Gasteiger partial charge in [-0.3, -0.25) is 14.7 Å². The van der Waals surface area contributed by atoms with E-state index in [9.17, 15) is 15.0 Å². The number of nitrogens with one attached hydrogen (secondary N) is 1. The normalized spacial score (nSPS) is 22.7. The predicted octanol–water partition coefficient (Wildman–Crippen LogP) is 1.65. The lowest BCUT2D eigenvalue weighted by molar-refractivity contribution is -0.126. The molecule has 3 N–H and O–H groups in total. The van der Waals surface area contributed by atoms with Gasteiger partial charge in [0.2, 0.25) is 5.91 Å². The average Bonchev–Trinajstić information content (AvgIpc) is 2.99. The van der Waals surface area contributed by atoms with Crippen LogP contribution in [0.25, 0.3) is 4.91 Å². The zero-order valence-corrected chi connectivity index (χ0v) is 16.3. The molecule has 1 aliphatic heterocycles. The summed E-state index contributed by atoms with van der Waals surface area (Å²) in [5.41, 5.74) is 2.71. The molecule has 0 radical (unpaired) electrons. The Bertz CT molecular complexity index is 675. The van der Waals surface area contributed by atoms with Crippen LogP contribution >= 0.6 is 11.8 Å².